The van der Waals surface area contributed by atoms with Crippen molar-refractivity contribution in [3.8, 4) is 0 Å². The van der Waals surface area contributed by atoms with Crippen LogP contribution in [-0.2, 0) is 13.2 Å². The lowest BCUT2D eigenvalue weighted by atomic mass is 10.1. The van der Waals surface area contributed by atoms with Crippen LogP contribution in [0, 0.1) is 6.92 Å². The van der Waals surface area contributed by atoms with Crippen molar-refractivity contribution in [2.24, 2.45) is 0 Å². The minimum Gasteiger partial charge on any atom is -0.392 e. The molecule has 0 aliphatic heterocycles. The van der Waals surface area contributed by atoms with Crippen molar-refractivity contribution in [2.75, 3.05) is 12.4 Å². The van der Waals surface area contributed by atoms with Gasteiger partial charge in [0.2, 0.25) is 0 Å². The van der Waals surface area contributed by atoms with Gasteiger partial charge in [0.05, 0.1) is 28.9 Å². The van der Waals surface area contributed by atoms with Crippen molar-refractivity contribution in [2.45, 2.75) is 20.1 Å². The van der Waals surface area contributed by atoms with Gasteiger partial charge in [-0.2, -0.15) is 0 Å². The number of aliphatic hydroxyl groups is 1. The highest BCUT2D eigenvalue weighted by molar-refractivity contribution is 6.42. The van der Waals surface area contributed by atoms with Gasteiger partial charge in [0.1, 0.15) is 0 Å². The molecule has 3 aromatic rings. The molecule has 2 aromatic carbocycles. The van der Waals surface area contributed by atoms with Gasteiger partial charge < -0.3 is 15.7 Å². The van der Waals surface area contributed by atoms with E-state index in [4.69, 9.17) is 23.2 Å². The number of carbonyl (C=O) groups excluding carboxylic acids is 2. The maximum atomic E-state index is 12.7. The highest BCUT2D eigenvalue weighted by Gasteiger charge is 2.18. The molecule has 0 fully saturated rings. The predicted octanol–water partition coefficient (Wildman–Crippen LogP) is 3.05. The maximum absolute atomic E-state index is 12.7. The molecule has 0 bridgehead atoms. The predicted molar refractivity (Wildman–Crippen MR) is 114 cm³/mol. The van der Waals surface area contributed by atoms with E-state index in [-0.39, 0.29) is 18.2 Å². The highest BCUT2D eigenvalue weighted by atomic mass is 35.5. The summed E-state index contributed by atoms with van der Waals surface area (Å²) in [7, 11) is 1.50. The molecule has 8 nitrogen and oxygen atoms in total. The van der Waals surface area contributed by atoms with Crippen LogP contribution in [0.15, 0.2) is 36.4 Å². The van der Waals surface area contributed by atoms with Crippen molar-refractivity contribution in [1.82, 2.24) is 20.3 Å². The topological polar surface area (TPSA) is 109 Å². The van der Waals surface area contributed by atoms with Crippen LogP contribution in [0.2, 0.25) is 10.0 Å². The van der Waals surface area contributed by atoms with E-state index in [2.05, 4.69) is 20.9 Å². The van der Waals surface area contributed by atoms with E-state index < -0.39 is 5.91 Å². The number of nitrogens with zero attached hydrogens (tertiary/aromatic N) is 3. The van der Waals surface area contributed by atoms with E-state index in [0.717, 1.165) is 5.56 Å². The summed E-state index contributed by atoms with van der Waals surface area (Å²) in [6.45, 7) is 1.82. The number of aliphatic hydroxyl groups excluding tert-OH is 1. The Morgan fingerprint density at radius 3 is 2.50 bits per heavy atom. The van der Waals surface area contributed by atoms with E-state index >= 15 is 0 Å². The largest absolute Gasteiger partial charge is 0.392 e. The van der Waals surface area contributed by atoms with Gasteiger partial charge in [0.15, 0.2) is 5.69 Å². The third-order valence-corrected chi connectivity index (χ3v) is 5.18. The number of halogens is 2. The number of aromatic nitrogens is 3. The van der Waals surface area contributed by atoms with Gasteiger partial charge in [0, 0.05) is 18.3 Å². The van der Waals surface area contributed by atoms with Gasteiger partial charge >= 0.3 is 0 Å². The summed E-state index contributed by atoms with van der Waals surface area (Å²) in [6.07, 6.45) is 0. The molecule has 30 heavy (non-hydrogen) atoms. The Morgan fingerprint density at radius 1 is 1.07 bits per heavy atom. The Morgan fingerprint density at radius 2 is 1.83 bits per heavy atom. The Bertz CT molecular complexity index is 1110. The fraction of sp³-hybridized carbons (Fsp3) is 0.200. The Hall–Kier alpha value is -2.94. The van der Waals surface area contributed by atoms with Crippen molar-refractivity contribution >= 4 is 40.7 Å². The van der Waals surface area contributed by atoms with Gasteiger partial charge in [-0.25, -0.2) is 4.68 Å². The number of carbonyl (C=O) groups is 2. The lowest BCUT2D eigenvalue weighted by Gasteiger charge is -2.09. The minimum atomic E-state index is -0.481. The molecular weight excluding hydrogens is 429 g/mol. The minimum absolute atomic E-state index is 0.144. The molecule has 3 rings (SSSR count). The molecule has 10 heteroatoms. The summed E-state index contributed by atoms with van der Waals surface area (Å²) in [4.78, 5) is 24.6. The highest BCUT2D eigenvalue weighted by Crippen LogP contribution is 2.23. The molecule has 2 amide bonds. The molecular formula is C20H19Cl2N5O3. The zero-order valence-electron chi connectivity index (χ0n) is 16.2. The normalized spacial score (nSPS) is 10.7. The first-order valence-electron chi connectivity index (χ1n) is 8.94. The molecule has 0 aliphatic carbocycles. The molecule has 3 N–H and O–H groups in total. The summed E-state index contributed by atoms with van der Waals surface area (Å²) in [5.74, 6) is -0.810. The van der Waals surface area contributed by atoms with E-state index in [1.165, 1.54) is 13.1 Å². The van der Waals surface area contributed by atoms with Gasteiger partial charge in [-0.15, -0.1) is 5.10 Å². The van der Waals surface area contributed by atoms with Crippen LogP contribution < -0.4 is 10.6 Å². The number of rotatable bonds is 6. The fourth-order valence-corrected chi connectivity index (χ4v) is 3.17. The number of nitrogens with one attached hydrogen (secondary N) is 2. The molecule has 0 spiro atoms. The zero-order valence-corrected chi connectivity index (χ0v) is 17.8. The summed E-state index contributed by atoms with van der Waals surface area (Å²) in [6, 6.07) is 9.89. The molecule has 0 aliphatic rings. The van der Waals surface area contributed by atoms with Crippen molar-refractivity contribution in [3.63, 3.8) is 0 Å². The fourth-order valence-electron chi connectivity index (χ4n) is 2.85. The van der Waals surface area contributed by atoms with Gasteiger partial charge in [0.25, 0.3) is 11.8 Å². The monoisotopic (exact) mass is 447 g/mol. The number of anilines is 1. The van der Waals surface area contributed by atoms with E-state index in [1.54, 1.807) is 35.9 Å². The summed E-state index contributed by atoms with van der Waals surface area (Å²) >= 11 is 12.0. The Balaban J connectivity index is 1.81. The number of benzene rings is 2. The van der Waals surface area contributed by atoms with Gasteiger partial charge in [-0.3, -0.25) is 9.59 Å². The average Bonchev–Trinajstić information content (AvgIpc) is 3.10. The first kappa shape index (κ1) is 21.8. The van der Waals surface area contributed by atoms with Gasteiger partial charge in [-0.05, 0) is 48.4 Å². The summed E-state index contributed by atoms with van der Waals surface area (Å²) in [5, 5.41) is 23.6. The molecule has 0 saturated carbocycles. The van der Waals surface area contributed by atoms with E-state index in [0.29, 0.717) is 39.1 Å². The Labute approximate surface area is 182 Å². The standard InChI is InChI=1S/C20H19Cl2N5O3/c1-11-18(25-26-27(11)9-12-3-4-16(21)17(22)7-12)20(30)24-15-6-13(10-28)5-14(8-15)19(29)23-2/h3-8,28H,9-10H2,1-2H3,(H,23,29)(H,24,30). The molecule has 0 saturated heterocycles. The third-order valence-electron chi connectivity index (χ3n) is 4.44. The smallest absolute Gasteiger partial charge is 0.278 e. The quantitative estimate of drug-likeness (QED) is 0.537. The van der Waals surface area contributed by atoms with Crippen LogP contribution in [0.3, 0.4) is 0 Å². The van der Waals surface area contributed by atoms with Crippen LogP contribution in [0.25, 0.3) is 0 Å². The first-order chi connectivity index (χ1) is 14.3. The molecule has 156 valence electrons. The first-order valence-corrected chi connectivity index (χ1v) is 9.70. The van der Waals surface area contributed by atoms with Crippen LogP contribution in [-0.4, -0.2) is 39.0 Å². The average molecular weight is 448 g/mol. The SMILES string of the molecule is CNC(=O)c1cc(CO)cc(NC(=O)c2nnn(Cc3ccc(Cl)c(Cl)c3)c2C)c1. The summed E-state index contributed by atoms with van der Waals surface area (Å²) in [5.41, 5.74) is 2.74. The summed E-state index contributed by atoms with van der Waals surface area (Å²) < 4.78 is 1.58. The molecule has 1 heterocycles. The lowest BCUT2D eigenvalue weighted by molar-refractivity contribution is 0.0961. The maximum Gasteiger partial charge on any atom is 0.278 e. The van der Waals surface area contributed by atoms with Crippen LogP contribution in [0.5, 0.6) is 0 Å². The molecule has 0 unspecified atom stereocenters. The van der Waals surface area contributed by atoms with Gasteiger partial charge in [-0.1, -0.05) is 34.5 Å². The third kappa shape index (κ3) is 4.79. The number of hydrogen-bond donors (Lipinski definition) is 3. The van der Waals surface area contributed by atoms with E-state index in [1.807, 2.05) is 6.07 Å². The molecule has 0 atom stereocenters. The Kier molecular flexibility index (Phi) is 6.71. The van der Waals surface area contributed by atoms with Crippen LogP contribution in [0.4, 0.5) is 5.69 Å². The second-order valence-corrected chi connectivity index (χ2v) is 7.35. The van der Waals surface area contributed by atoms with Crippen molar-refractivity contribution in [3.05, 3.63) is 74.5 Å². The van der Waals surface area contributed by atoms with Crippen LogP contribution >= 0.6 is 23.2 Å². The van der Waals surface area contributed by atoms with Crippen molar-refractivity contribution in [1.29, 1.82) is 0 Å². The van der Waals surface area contributed by atoms with Crippen molar-refractivity contribution < 1.29 is 14.7 Å². The number of amides is 2. The second kappa shape index (κ2) is 9.25. The van der Waals surface area contributed by atoms with E-state index in [9.17, 15) is 14.7 Å². The second-order valence-electron chi connectivity index (χ2n) is 6.54. The molecule has 1 aromatic heterocycles. The lowest BCUT2D eigenvalue weighted by Crippen LogP contribution is -2.19. The molecule has 0 radical (unpaired) electrons. The van der Waals surface area contributed by atoms with Crippen LogP contribution in [0.1, 0.15) is 37.7 Å². The number of hydrogen-bond acceptors (Lipinski definition) is 5. The zero-order chi connectivity index (χ0) is 21.8.